The lowest BCUT2D eigenvalue weighted by molar-refractivity contribution is -0.112. The van der Waals surface area contributed by atoms with Crippen LogP contribution < -0.4 is 4.31 Å². The molecule has 0 bridgehead atoms. The lowest BCUT2D eigenvalue weighted by Gasteiger charge is -2.28. The van der Waals surface area contributed by atoms with Crippen LogP contribution in [0, 0.1) is 11.6 Å². The van der Waals surface area contributed by atoms with Crippen LogP contribution in [0.4, 0.5) is 14.5 Å². The standard InChI is InChI=1S/C15H11BrClF2NO3S/c1-9(15(17)21)20(14-7-4-11(18)8-13(14)19)24(22,23)12-5-2-10(16)3-6-12/h2-9H,1H3. The molecule has 1 atom stereocenters. The molecule has 0 N–H and O–H groups in total. The minimum absolute atomic E-state index is 0.167. The van der Waals surface area contributed by atoms with Gasteiger partial charge in [-0.1, -0.05) is 15.9 Å². The van der Waals surface area contributed by atoms with E-state index in [4.69, 9.17) is 11.6 Å². The molecule has 0 aliphatic carbocycles. The number of hydrogen-bond donors (Lipinski definition) is 0. The van der Waals surface area contributed by atoms with Gasteiger partial charge in [0.2, 0.25) is 5.24 Å². The average Bonchev–Trinajstić information content (AvgIpc) is 2.49. The number of carbonyl (C=O) groups excluding carboxylic acids is 1. The van der Waals surface area contributed by atoms with E-state index in [2.05, 4.69) is 15.9 Å². The Morgan fingerprint density at radius 1 is 1.17 bits per heavy atom. The van der Waals surface area contributed by atoms with E-state index in [0.29, 0.717) is 14.8 Å². The molecule has 0 radical (unpaired) electrons. The van der Waals surface area contributed by atoms with Crippen LogP contribution in [0.1, 0.15) is 6.92 Å². The van der Waals surface area contributed by atoms with Gasteiger partial charge in [-0.3, -0.25) is 9.10 Å². The highest BCUT2D eigenvalue weighted by Crippen LogP contribution is 2.30. The van der Waals surface area contributed by atoms with Crippen molar-refractivity contribution in [3.63, 3.8) is 0 Å². The summed E-state index contributed by atoms with van der Waals surface area (Å²) in [5.41, 5.74) is -0.471. The topological polar surface area (TPSA) is 54.5 Å². The van der Waals surface area contributed by atoms with Crippen molar-refractivity contribution in [3.8, 4) is 0 Å². The van der Waals surface area contributed by atoms with Crippen molar-refractivity contribution in [2.45, 2.75) is 17.9 Å². The quantitative estimate of drug-likeness (QED) is 0.661. The third-order valence-electron chi connectivity index (χ3n) is 3.20. The zero-order valence-electron chi connectivity index (χ0n) is 12.2. The van der Waals surface area contributed by atoms with Gasteiger partial charge in [0.15, 0.2) is 0 Å². The highest BCUT2D eigenvalue weighted by molar-refractivity contribution is 9.10. The van der Waals surface area contributed by atoms with Crippen molar-refractivity contribution in [1.82, 2.24) is 0 Å². The summed E-state index contributed by atoms with van der Waals surface area (Å²) in [4.78, 5) is 11.4. The van der Waals surface area contributed by atoms with Gasteiger partial charge in [0.1, 0.15) is 17.7 Å². The summed E-state index contributed by atoms with van der Waals surface area (Å²) in [6.45, 7) is 1.22. The molecule has 0 heterocycles. The number of rotatable bonds is 5. The van der Waals surface area contributed by atoms with Gasteiger partial charge in [0.25, 0.3) is 10.0 Å². The molecule has 1 unspecified atom stereocenters. The zero-order chi connectivity index (χ0) is 18.1. The summed E-state index contributed by atoms with van der Waals surface area (Å²) in [6.07, 6.45) is 0. The highest BCUT2D eigenvalue weighted by atomic mass is 79.9. The Kier molecular flexibility index (Phi) is 5.62. The summed E-state index contributed by atoms with van der Waals surface area (Å²) in [5, 5.41) is -1.00. The molecule has 2 rings (SSSR count). The van der Waals surface area contributed by atoms with Gasteiger partial charge in [-0.2, -0.15) is 0 Å². The number of hydrogen-bond acceptors (Lipinski definition) is 3. The van der Waals surface area contributed by atoms with Gasteiger partial charge >= 0.3 is 0 Å². The molecule has 0 aromatic heterocycles. The Bertz CT molecular complexity index is 875. The van der Waals surface area contributed by atoms with E-state index in [1.165, 1.54) is 31.2 Å². The molecule has 2 aromatic rings. The Balaban J connectivity index is 2.66. The van der Waals surface area contributed by atoms with Gasteiger partial charge in [0, 0.05) is 10.5 Å². The lowest BCUT2D eigenvalue weighted by Crippen LogP contribution is -2.42. The summed E-state index contributed by atoms with van der Waals surface area (Å²) in [7, 11) is -4.31. The minimum atomic E-state index is -4.31. The second-order valence-electron chi connectivity index (χ2n) is 4.83. The van der Waals surface area contributed by atoms with E-state index in [-0.39, 0.29) is 4.90 Å². The second-order valence-corrected chi connectivity index (χ2v) is 7.93. The normalized spacial score (nSPS) is 12.7. The Morgan fingerprint density at radius 3 is 2.25 bits per heavy atom. The van der Waals surface area contributed by atoms with Gasteiger partial charge in [-0.25, -0.2) is 17.2 Å². The van der Waals surface area contributed by atoms with E-state index < -0.39 is 38.6 Å². The third-order valence-corrected chi connectivity index (χ3v) is 5.94. The monoisotopic (exact) mass is 437 g/mol. The van der Waals surface area contributed by atoms with Crippen molar-refractivity contribution in [2.75, 3.05) is 4.31 Å². The van der Waals surface area contributed by atoms with Crippen LogP contribution in [0.2, 0.25) is 0 Å². The molecule has 0 saturated heterocycles. The van der Waals surface area contributed by atoms with Gasteiger partial charge in [-0.15, -0.1) is 0 Å². The molecular weight excluding hydrogens is 428 g/mol. The molecule has 0 aliphatic rings. The van der Waals surface area contributed by atoms with Crippen molar-refractivity contribution < 1.29 is 22.0 Å². The Morgan fingerprint density at radius 2 is 1.75 bits per heavy atom. The predicted octanol–water partition coefficient (Wildman–Crippen LogP) is 4.08. The zero-order valence-corrected chi connectivity index (χ0v) is 15.4. The van der Waals surface area contributed by atoms with Crippen LogP contribution in [0.5, 0.6) is 0 Å². The molecule has 4 nitrogen and oxygen atoms in total. The van der Waals surface area contributed by atoms with Gasteiger partial charge in [-0.05, 0) is 54.9 Å². The third kappa shape index (κ3) is 3.76. The molecule has 2 aromatic carbocycles. The maximum Gasteiger partial charge on any atom is 0.265 e. The Hall–Kier alpha value is -1.51. The summed E-state index contributed by atoms with van der Waals surface area (Å²) in [5.74, 6) is -2.00. The molecule has 0 aliphatic heterocycles. The molecule has 0 saturated carbocycles. The van der Waals surface area contributed by atoms with E-state index in [1.807, 2.05) is 0 Å². The fourth-order valence-electron chi connectivity index (χ4n) is 2.02. The first kappa shape index (κ1) is 18.8. The number of sulfonamides is 1. The fraction of sp³-hybridized carbons (Fsp3) is 0.133. The first-order chi connectivity index (χ1) is 11.1. The second kappa shape index (κ2) is 7.16. The van der Waals surface area contributed by atoms with Crippen LogP contribution in [0.15, 0.2) is 51.8 Å². The predicted molar refractivity (Wildman–Crippen MR) is 90.5 cm³/mol. The molecule has 0 spiro atoms. The van der Waals surface area contributed by atoms with Gasteiger partial charge in [0.05, 0.1) is 10.6 Å². The first-order valence-corrected chi connectivity index (χ1v) is 9.20. The smallest absolute Gasteiger partial charge is 0.265 e. The van der Waals surface area contributed by atoms with Crippen LogP contribution in [-0.2, 0) is 14.8 Å². The number of anilines is 1. The summed E-state index contributed by atoms with van der Waals surface area (Å²) in [6, 6.07) is 6.54. The molecular formula is C15H11BrClF2NO3S. The SMILES string of the molecule is CC(C(=O)Cl)N(c1ccc(F)cc1F)S(=O)(=O)c1ccc(Br)cc1. The van der Waals surface area contributed by atoms with Crippen LogP contribution in [0.25, 0.3) is 0 Å². The summed E-state index contributed by atoms with van der Waals surface area (Å²) >= 11 is 8.61. The fourth-order valence-corrected chi connectivity index (χ4v) is 4.06. The molecule has 24 heavy (non-hydrogen) atoms. The van der Waals surface area contributed by atoms with Crippen LogP contribution in [0.3, 0.4) is 0 Å². The van der Waals surface area contributed by atoms with Crippen LogP contribution >= 0.6 is 27.5 Å². The molecule has 128 valence electrons. The van der Waals surface area contributed by atoms with Crippen LogP contribution in [-0.4, -0.2) is 19.7 Å². The van der Waals surface area contributed by atoms with Crippen molar-refractivity contribution in [3.05, 3.63) is 58.6 Å². The van der Waals surface area contributed by atoms with Crippen molar-refractivity contribution in [2.24, 2.45) is 0 Å². The first-order valence-electron chi connectivity index (χ1n) is 6.59. The van der Waals surface area contributed by atoms with E-state index in [9.17, 15) is 22.0 Å². The van der Waals surface area contributed by atoms with E-state index >= 15 is 0 Å². The maximum atomic E-state index is 14.1. The number of halogens is 4. The van der Waals surface area contributed by atoms with E-state index in [0.717, 1.165) is 12.1 Å². The maximum absolute atomic E-state index is 14.1. The highest BCUT2D eigenvalue weighted by Gasteiger charge is 2.34. The Labute approximate surface area is 151 Å². The molecule has 0 fully saturated rings. The summed E-state index contributed by atoms with van der Waals surface area (Å²) < 4.78 is 54.2. The largest absolute Gasteiger partial charge is 0.279 e. The lowest BCUT2D eigenvalue weighted by atomic mass is 10.2. The minimum Gasteiger partial charge on any atom is -0.279 e. The molecule has 0 amide bonds. The van der Waals surface area contributed by atoms with Gasteiger partial charge < -0.3 is 0 Å². The average molecular weight is 439 g/mol. The van der Waals surface area contributed by atoms with E-state index in [1.54, 1.807) is 0 Å². The van der Waals surface area contributed by atoms with Crippen molar-refractivity contribution >= 4 is 48.5 Å². The van der Waals surface area contributed by atoms with Crippen molar-refractivity contribution in [1.29, 1.82) is 0 Å². The number of nitrogens with zero attached hydrogens (tertiary/aromatic N) is 1. The number of carbonyl (C=O) groups is 1. The molecule has 9 heteroatoms. The number of benzene rings is 2.